The van der Waals surface area contributed by atoms with Gasteiger partial charge in [0, 0.05) is 16.3 Å². The van der Waals surface area contributed by atoms with Crippen molar-refractivity contribution in [2.24, 2.45) is 10.7 Å². The summed E-state index contributed by atoms with van der Waals surface area (Å²) in [5.74, 6) is -1.35. The van der Waals surface area contributed by atoms with Gasteiger partial charge in [0.25, 0.3) is 11.5 Å². The predicted molar refractivity (Wildman–Crippen MR) is 82.6 cm³/mol. The zero-order valence-corrected chi connectivity index (χ0v) is 12.3. The number of aromatic nitrogens is 2. The first kappa shape index (κ1) is 14.9. The highest BCUT2D eigenvalue weighted by Gasteiger charge is 2.20. The molecule has 0 aliphatic carbocycles. The number of halogens is 1. The van der Waals surface area contributed by atoms with Crippen LogP contribution in [0.2, 0.25) is 5.02 Å². The summed E-state index contributed by atoms with van der Waals surface area (Å²) in [6.07, 6.45) is -0.308. The number of fused-ring (bicyclic) bond motifs is 1. The van der Waals surface area contributed by atoms with E-state index >= 15 is 0 Å². The molecule has 9 heteroatoms. The van der Waals surface area contributed by atoms with Gasteiger partial charge in [-0.2, -0.15) is 9.98 Å². The highest BCUT2D eigenvalue weighted by atomic mass is 35.5. The molecule has 0 saturated carbocycles. The lowest BCUT2D eigenvalue weighted by atomic mass is 10.1. The van der Waals surface area contributed by atoms with E-state index in [9.17, 15) is 14.4 Å². The summed E-state index contributed by atoms with van der Waals surface area (Å²) in [4.78, 5) is 45.4. The smallest absolute Gasteiger partial charge is 0.262 e. The zero-order chi connectivity index (χ0) is 16.6. The van der Waals surface area contributed by atoms with E-state index in [0.717, 1.165) is 0 Å². The third kappa shape index (κ3) is 2.97. The van der Waals surface area contributed by atoms with Crippen LogP contribution >= 0.6 is 11.6 Å². The van der Waals surface area contributed by atoms with Crippen molar-refractivity contribution in [3.05, 3.63) is 50.3 Å². The number of carbonyl (C=O) groups is 2. The average molecular weight is 332 g/mol. The van der Waals surface area contributed by atoms with E-state index in [-0.39, 0.29) is 28.6 Å². The van der Waals surface area contributed by atoms with Crippen molar-refractivity contribution in [2.45, 2.75) is 6.42 Å². The maximum Gasteiger partial charge on any atom is 0.262 e. The van der Waals surface area contributed by atoms with Gasteiger partial charge in [-0.05, 0) is 24.3 Å². The van der Waals surface area contributed by atoms with E-state index in [0.29, 0.717) is 10.7 Å². The van der Waals surface area contributed by atoms with Crippen molar-refractivity contribution in [3.8, 4) is 0 Å². The minimum Gasteiger partial charge on any atom is -0.366 e. The summed E-state index contributed by atoms with van der Waals surface area (Å²) in [5.41, 5.74) is 5.01. The van der Waals surface area contributed by atoms with Crippen molar-refractivity contribution < 1.29 is 9.59 Å². The Morgan fingerprint density at radius 3 is 2.61 bits per heavy atom. The molecule has 2 aromatic rings. The van der Waals surface area contributed by atoms with Crippen LogP contribution in [0.1, 0.15) is 6.42 Å². The van der Waals surface area contributed by atoms with Gasteiger partial charge in [0.15, 0.2) is 5.49 Å². The van der Waals surface area contributed by atoms with E-state index < -0.39 is 17.4 Å². The Morgan fingerprint density at radius 1 is 1.26 bits per heavy atom. The normalized spacial score (nSPS) is 13.3. The Labute approximate surface area is 133 Å². The Bertz CT molecular complexity index is 995. The molecule has 0 radical (unpaired) electrons. The summed E-state index contributed by atoms with van der Waals surface area (Å²) >= 11 is 5.80. The molecule has 2 heterocycles. The van der Waals surface area contributed by atoms with Crippen LogP contribution in [0.25, 0.3) is 5.57 Å². The Morgan fingerprint density at radius 2 is 1.96 bits per heavy atom. The first-order valence-corrected chi connectivity index (χ1v) is 6.89. The van der Waals surface area contributed by atoms with Crippen molar-refractivity contribution in [2.75, 3.05) is 5.32 Å². The summed E-state index contributed by atoms with van der Waals surface area (Å²) in [6.45, 7) is 0. The van der Waals surface area contributed by atoms with Gasteiger partial charge in [0.05, 0.1) is 11.6 Å². The lowest BCUT2D eigenvalue weighted by Gasteiger charge is -2.08. The largest absolute Gasteiger partial charge is 0.366 e. The summed E-state index contributed by atoms with van der Waals surface area (Å²) in [6, 6.07) is 6.69. The minimum atomic E-state index is -0.847. The fraction of sp³-hybridized carbons (Fsp3) is 0.0714. The van der Waals surface area contributed by atoms with Crippen molar-refractivity contribution in [1.29, 1.82) is 0 Å². The van der Waals surface area contributed by atoms with Crippen LogP contribution in [0.3, 0.4) is 0 Å². The second-order valence-electron chi connectivity index (χ2n) is 4.77. The molecule has 2 amide bonds. The first-order valence-electron chi connectivity index (χ1n) is 6.51. The molecule has 1 aromatic carbocycles. The molecule has 4 N–H and O–H groups in total. The molecule has 3 rings (SSSR count). The van der Waals surface area contributed by atoms with Gasteiger partial charge >= 0.3 is 0 Å². The van der Waals surface area contributed by atoms with E-state index in [2.05, 4.69) is 20.3 Å². The lowest BCUT2D eigenvalue weighted by molar-refractivity contribution is -0.119. The standard InChI is InChI=1S/C14H10ClN5O3/c15-6-1-3-7(4-2-6)17-14-19-12-10(13(23)20-14)8(11(16)22)5-9(21)18-12/h1-4H,5H2,(H2,16,22)(H2,17,18,19,20,21,23). The molecule has 1 aliphatic heterocycles. The molecule has 0 saturated heterocycles. The molecule has 23 heavy (non-hydrogen) atoms. The Balaban J connectivity index is 2.14. The van der Waals surface area contributed by atoms with Gasteiger partial charge in [-0.25, -0.2) is 0 Å². The van der Waals surface area contributed by atoms with Gasteiger partial charge in [-0.1, -0.05) is 11.6 Å². The minimum absolute atomic E-state index is 0.0706. The average Bonchev–Trinajstić information content (AvgIpc) is 2.48. The molecule has 8 nitrogen and oxygen atoms in total. The van der Waals surface area contributed by atoms with Crippen molar-refractivity contribution in [3.63, 3.8) is 0 Å². The number of benzene rings is 1. The van der Waals surface area contributed by atoms with Crippen molar-refractivity contribution >= 4 is 40.6 Å². The highest BCUT2D eigenvalue weighted by molar-refractivity contribution is 6.30. The number of amides is 2. The highest BCUT2D eigenvalue weighted by Crippen LogP contribution is 2.15. The fourth-order valence-corrected chi connectivity index (χ4v) is 2.28. The van der Waals surface area contributed by atoms with Crippen LogP contribution < -0.4 is 27.3 Å². The maximum atomic E-state index is 12.2. The number of carbonyl (C=O) groups excluding carboxylic acids is 2. The fourth-order valence-electron chi connectivity index (χ4n) is 2.15. The number of primary amides is 1. The van der Waals surface area contributed by atoms with Crippen LogP contribution in [0.5, 0.6) is 0 Å². The summed E-state index contributed by atoms with van der Waals surface area (Å²) in [5, 5.41) is 3.35. The van der Waals surface area contributed by atoms with E-state index in [1.165, 1.54) is 0 Å². The Hall–Kier alpha value is -3.00. The molecule has 0 bridgehead atoms. The monoisotopic (exact) mass is 331 g/mol. The topological polar surface area (TPSA) is 130 Å². The van der Waals surface area contributed by atoms with E-state index in [4.69, 9.17) is 17.3 Å². The second-order valence-corrected chi connectivity index (χ2v) is 5.21. The quantitative estimate of drug-likeness (QED) is 0.688. The summed E-state index contributed by atoms with van der Waals surface area (Å²) < 4.78 is 0. The SMILES string of the molecule is NC(=O)C1=c2c(nc(Nc3ccc(Cl)cc3)[nH]c2=O)=NC(=O)C1. The lowest BCUT2D eigenvalue weighted by Crippen LogP contribution is -2.49. The van der Waals surface area contributed by atoms with Crippen LogP contribution in [0.15, 0.2) is 34.1 Å². The third-order valence-electron chi connectivity index (χ3n) is 3.17. The molecule has 1 aliphatic rings. The van der Waals surface area contributed by atoms with E-state index in [1.54, 1.807) is 24.3 Å². The molecular formula is C14H10ClN5O3. The molecule has 1 aromatic heterocycles. The number of anilines is 2. The zero-order valence-electron chi connectivity index (χ0n) is 11.6. The van der Waals surface area contributed by atoms with Crippen LogP contribution in [-0.2, 0) is 9.59 Å². The molecule has 0 spiro atoms. The number of hydrogen-bond donors (Lipinski definition) is 3. The van der Waals surface area contributed by atoms with Gasteiger partial charge in [-0.3, -0.25) is 19.4 Å². The van der Waals surface area contributed by atoms with Crippen LogP contribution in [0.4, 0.5) is 11.6 Å². The second kappa shape index (κ2) is 5.65. The number of nitrogens with zero attached hydrogens (tertiary/aromatic N) is 2. The van der Waals surface area contributed by atoms with Gasteiger partial charge < -0.3 is 11.1 Å². The molecule has 116 valence electrons. The van der Waals surface area contributed by atoms with Gasteiger partial charge in [-0.15, -0.1) is 0 Å². The number of rotatable bonds is 3. The molecular weight excluding hydrogens is 322 g/mol. The van der Waals surface area contributed by atoms with Crippen molar-refractivity contribution in [1.82, 2.24) is 9.97 Å². The number of nitrogens with one attached hydrogen (secondary N) is 2. The van der Waals surface area contributed by atoms with Gasteiger partial charge in [0.2, 0.25) is 11.9 Å². The number of aromatic amines is 1. The van der Waals surface area contributed by atoms with Crippen LogP contribution in [-0.4, -0.2) is 21.8 Å². The third-order valence-corrected chi connectivity index (χ3v) is 3.42. The predicted octanol–water partition coefficient (Wildman–Crippen LogP) is -0.647. The molecule has 0 unspecified atom stereocenters. The number of H-pyrrole nitrogens is 1. The first-order chi connectivity index (χ1) is 10.9. The maximum absolute atomic E-state index is 12.2. The summed E-state index contributed by atoms with van der Waals surface area (Å²) in [7, 11) is 0. The van der Waals surface area contributed by atoms with Crippen LogP contribution in [0, 0.1) is 0 Å². The number of hydrogen-bond acceptors (Lipinski definition) is 5. The Kier molecular flexibility index (Phi) is 3.67. The molecule has 0 fully saturated rings. The van der Waals surface area contributed by atoms with E-state index in [1.807, 2.05) is 0 Å². The number of nitrogens with two attached hydrogens (primary N) is 1. The van der Waals surface area contributed by atoms with Gasteiger partial charge in [0.1, 0.15) is 0 Å². The molecule has 0 atom stereocenters.